The Hall–Kier alpha value is -2.64. The summed E-state index contributed by atoms with van der Waals surface area (Å²) in [5, 5.41) is 28.5. The molecule has 1 rings (SSSR count). The number of aromatic carboxylic acids is 1. The van der Waals surface area contributed by atoms with Crippen LogP contribution in [0.15, 0.2) is 24.3 Å². The molecule has 0 saturated heterocycles. The number of hydrogen-bond donors (Lipinski definition) is 4. The second-order valence-electron chi connectivity index (χ2n) is 3.17. The van der Waals surface area contributed by atoms with Crippen LogP contribution in [0.3, 0.4) is 0 Å². The molecular weight excluding hydrogens is 228 g/mol. The summed E-state index contributed by atoms with van der Waals surface area (Å²) >= 11 is 0. The molecule has 0 radical (unpaired) electrons. The molecule has 5 N–H and O–H groups in total. The average Bonchev–Trinajstić information content (AvgIpc) is 2.25. The maximum absolute atomic E-state index is 10.7. The van der Waals surface area contributed by atoms with Crippen molar-refractivity contribution >= 4 is 11.9 Å². The Kier molecular flexibility index (Phi) is 3.60. The van der Waals surface area contributed by atoms with Gasteiger partial charge in [-0.05, 0) is 24.3 Å². The molecule has 0 aliphatic rings. The first-order chi connectivity index (χ1) is 7.91. The highest BCUT2D eigenvalue weighted by Crippen LogP contribution is 2.14. The fourth-order valence-electron chi connectivity index (χ4n) is 1.21. The van der Waals surface area contributed by atoms with Gasteiger partial charge in [0.1, 0.15) is 0 Å². The first-order valence-corrected chi connectivity index (χ1v) is 4.49. The molecule has 0 heterocycles. The van der Waals surface area contributed by atoms with Gasteiger partial charge in [0.25, 0.3) is 0 Å². The van der Waals surface area contributed by atoms with Gasteiger partial charge in [-0.2, -0.15) is 0 Å². The topological polar surface area (TPSA) is 142 Å². The van der Waals surface area contributed by atoms with Crippen LogP contribution in [-0.4, -0.2) is 22.0 Å². The zero-order valence-corrected chi connectivity index (χ0v) is 8.58. The summed E-state index contributed by atoms with van der Waals surface area (Å²) in [6, 6.07) is 5.09. The van der Waals surface area contributed by atoms with Gasteiger partial charge in [-0.3, -0.25) is 20.8 Å². The van der Waals surface area contributed by atoms with Gasteiger partial charge < -0.3 is 10.8 Å². The molecule has 1 unspecified atom stereocenters. The fourth-order valence-corrected chi connectivity index (χ4v) is 1.21. The zero-order valence-electron chi connectivity index (χ0n) is 8.58. The van der Waals surface area contributed by atoms with Crippen LogP contribution in [0.1, 0.15) is 22.1 Å². The number of carboxylic acids is 1. The molecule has 1 aromatic carbocycles. The van der Waals surface area contributed by atoms with Crippen LogP contribution in [-0.2, 0) is 0 Å². The number of rotatable bonds is 4. The number of nitro groups is 1. The monoisotopic (exact) mass is 238 g/mol. The fraction of sp³-hybridized carbons (Fsp3) is 0.111. The first-order valence-electron chi connectivity index (χ1n) is 4.49. The van der Waals surface area contributed by atoms with E-state index in [1.807, 2.05) is 0 Å². The van der Waals surface area contributed by atoms with Gasteiger partial charge in [0, 0.05) is 5.56 Å². The van der Waals surface area contributed by atoms with Crippen LogP contribution in [0.25, 0.3) is 0 Å². The van der Waals surface area contributed by atoms with Crippen molar-refractivity contribution in [1.29, 1.82) is 5.41 Å². The number of carbonyl (C=O) groups is 1. The molecule has 1 aromatic rings. The highest BCUT2D eigenvalue weighted by Gasteiger charge is 2.22. The van der Waals surface area contributed by atoms with Gasteiger partial charge in [-0.15, -0.1) is 0 Å². The van der Waals surface area contributed by atoms with Gasteiger partial charge in [-0.25, -0.2) is 4.79 Å². The van der Waals surface area contributed by atoms with Crippen molar-refractivity contribution in [2.24, 2.45) is 5.73 Å². The molecule has 8 heteroatoms. The molecule has 0 spiro atoms. The molecule has 90 valence electrons. The third-order valence-electron chi connectivity index (χ3n) is 1.98. The molecule has 0 aliphatic heterocycles. The van der Waals surface area contributed by atoms with Gasteiger partial charge in [0.15, 0.2) is 5.96 Å². The van der Waals surface area contributed by atoms with Crippen LogP contribution in [0.4, 0.5) is 0 Å². The summed E-state index contributed by atoms with van der Waals surface area (Å²) in [7, 11) is 0. The van der Waals surface area contributed by atoms with Crippen LogP contribution in [0.2, 0.25) is 0 Å². The van der Waals surface area contributed by atoms with E-state index in [1.165, 1.54) is 24.3 Å². The number of hydrogen-bond acceptors (Lipinski definition) is 4. The number of benzene rings is 1. The van der Waals surface area contributed by atoms with Crippen molar-refractivity contribution in [2.45, 2.75) is 6.17 Å². The van der Waals surface area contributed by atoms with Crippen LogP contribution in [0.5, 0.6) is 0 Å². The number of guanidine groups is 1. The maximum Gasteiger partial charge on any atom is 0.335 e. The van der Waals surface area contributed by atoms with Crippen molar-refractivity contribution in [3.05, 3.63) is 45.5 Å². The summed E-state index contributed by atoms with van der Waals surface area (Å²) in [4.78, 5) is 20.7. The van der Waals surface area contributed by atoms with E-state index in [2.05, 4.69) is 5.32 Å². The minimum absolute atomic E-state index is 0.0265. The molecule has 0 aromatic heterocycles. The second-order valence-corrected chi connectivity index (χ2v) is 3.17. The van der Waals surface area contributed by atoms with Crippen molar-refractivity contribution in [3.63, 3.8) is 0 Å². The van der Waals surface area contributed by atoms with Gasteiger partial charge in [0.2, 0.25) is 0 Å². The quantitative estimate of drug-likeness (QED) is 0.193. The van der Waals surface area contributed by atoms with Gasteiger partial charge >= 0.3 is 12.1 Å². The molecule has 0 saturated carbocycles. The number of carboxylic acid groups (broad SMARTS) is 1. The van der Waals surface area contributed by atoms with Gasteiger partial charge in [0.05, 0.1) is 10.5 Å². The summed E-state index contributed by atoms with van der Waals surface area (Å²) in [5.41, 5.74) is 5.26. The lowest BCUT2D eigenvalue weighted by Gasteiger charge is -2.11. The highest BCUT2D eigenvalue weighted by atomic mass is 16.6. The number of nitrogens with one attached hydrogen (secondary N) is 2. The van der Waals surface area contributed by atoms with Crippen molar-refractivity contribution in [3.8, 4) is 0 Å². The van der Waals surface area contributed by atoms with E-state index in [0.717, 1.165) is 0 Å². The highest BCUT2D eigenvalue weighted by molar-refractivity contribution is 5.87. The normalized spacial score (nSPS) is 11.5. The summed E-state index contributed by atoms with van der Waals surface area (Å²) in [6.45, 7) is 0. The van der Waals surface area contributed by atoms with E-state index in [-0.39, 0.29) is 11.1 Å². The van der Waals surface area contributed by atoms with Crippen LogP contribution < -0.4 is 11.1 Å². The minimum atomic E-state index is -1.37. The maximum atomic E-state index is 10.7. The van der Waals surface area contributed by atoms with Crippen LogP contribution in [0, 0.1) is 15.5 Å². The molecular formula is C9H10N4O4. The average molecular weight is 238 g/mol. The molecule has 0 aliphatic carbocycles. The zero-order chi connectivity index (χ0) is 13.0. The molecule has 17 heavy (non-hydrogen) atoms. The Morgan fingerprint density at radius 1 is 1.47 bits per heavy atom. The van der Waals surface area contributed by atoms with Crippen molar-refractivity contribution in [2.75, 3.05) is 0 Å². The first kappa shape index (κ1) is 12.4. The lowest BCUT2D eigenvalue weighted by molar-refractivity contribution is -0.533. The molecule has 1 atom stereocenters. The van der Waals surface area contributed by atoms with E-state index < -0.39 is 23.0 Å². The number of nitrogens with zero attached hydrogens (tertiary/aromatic N) is 1. The molecule has 0 amide bonds. The Labute approximate surface area is 95.7 Å². The second kappa shape index (κ2) is 4.92. The van der Waals surface area contributed by atoms with E-state index in [9.17, 15) is 14.9 Å². The summed E-state index contributed by atoms with van der Waals surface area (Å²) in [5.74, 6) is -1.65. The molecule has 8 nitrogen and oxygen atoms in total. The lowest BCUT2D eigenvalue weighted by Crippen LogP contribution is -2.37. The summed E-state index contributed by atoms with van der Waals surface area (Å²) < 4.78 is 0. The van der Waals surface area contributed by atoms with Crippen LogP contribution >= 0.6 is 0 Å². The lowest BCUT2D eigenvalue weighted by atomic mass is 10.1. The smallest absolute Gasteiger partial charge is 0.335 e. The third-order valence-corrected chi connectivity index (χ3v) is 1.98. The minimum Gasteiger partial charge on any atom is -0.478 e. The van der Waals surface area contributed by atoms with E-state index in [0.29, 0.717) is 0 Å². The van der Waals surface area contributed by atoms with Crippen molar-refractivity contribution in [1.82, 2.24) is 5.32 Å². The number of nitrogens with two attached hydrogens (primary N) is 1. The summed E-state index contributed by atoms with van der Waals surface area (Å²) in [6.07, 6.45) is -1.37. The van der Waals surface area contributed by atoms with Crippen molar-refractivity contribution < 1.29 is 14.8 Å². The predicted molar refractivity (Wildman–Crippen MR) is 58.2 cm³/mol. The largest absolute Gasteiger partial charge is 0.478 e. The Bertz CT molecular complexity index is 457. The Morgan fingerprint density at radius 2 is 2.00 bits per heavy atom. The predicted octanol–water partition coefficient (Wildman–Crippen LogP) is 0.143. The standard InChI is InChI=1S/C9H10N4O4/c10-9(11)12-7(13(16)17)5-1-3-6(4-2-5)8(14)15/h1-4,7H,(H,14,15)(H4,10,11,12). The third kappa shape index (κ3) is 3.16. The van der Waals surface area contributed by atoms with E-state index in [1.54, 1.807) is 0 Å². The Balaban J connectivity index is 2.99. The van der Waals surface area contributed by atoms with Gasteiger partial charge in [-0.1, -0.05) is 0 Å². The molecule has 0 bridgehead atoms. The van der Waals surface area contributed by atoms with E-state index >= 15 is 0 Å². The Morgan fingerprint density at radius 3 is 2.35 bits per heavy atom. The molecule has 0 fully saturated rings. The van der Waals surface area contributed by atoms with E-state index in [4.69, 9.17) is 16.2 Å². The SMILES string of the molecule is N=C(N)NC(c1ccc(C(=O)O)cc1)[N+](=O)[O-].